The molecule has 0 heterocycles. The summed E-state index contributed by atoms with van der Waals surface area (Å²) in [5.74, 6) is 2.07. The molecule has 3 unspecified atom stereocenters. The maximum atomic E-state index is 9.69. The fourth-order valence-corrected chi connectivity index (χ4v) is 2.65. The first-order chi connectivity index (χ1) is 8.16. The van der Waals surface area contributed by atoms with Crippen molar-refractivity contribution < 1.29 is 5.11 Å². The summed E-state index contributed by atoms with van der Waals surface area (Å²) in [5.41, 5.74) is 0.999. The zero-order valence-electron chi connectivity index (χ0n) is 10.8. The summed E-state index contributed by atoms with van der Waals surface area (Å²) in [6, 6.07) is 8.19. The molecular weight excluding hydrogens is 210 g/mol. The van der Waals surface area contributed by atoms with Gasteiger partial charge in [0.2, 0.25) is 0 Å². The van der Waals surface area contributed by atoms with Crippen LogP contribution in [0.3, 0.4) is 0 Å². The minimum absolute atomic E-state index is 0.400. The number of hydrogen-bond acceptors (Lipinski definition) is 2. The number of benzene rings is 1. The molecule has 0 aromatic heterocycles. The molecule has 2 heteroatoms. The van der Waals surface area contributed by atoms with Crippen molar-refractivity contribution in [1.29, 1.82) is 0 Å². The third-order valence-corrected chi connectivity index (χ3v) is 4.17. The molecule has 0 amide bonds. The number of nitrogens with one attached hydrogen (secondary N) is 1. The molecule has 3 atom stereocenters. The molecule has 2 rings (SSSR count). The normalized spacial score (nSPS) is 29.2. The first-order valence-electron chi connectivity index (χ1n) is 6.67. The fraction of sp³-hybridized carbons (Fsp3) is 0.600. The van der Waals surface area contributed by atoms with Crippen molar-refractivity contribution in [2.45, 2.75) is 45.7 Å². The highest BCUT2D eigenvalue weighted by molar-refractivity contribution is 5.31. The second-order valence-corrected chi connectivity index (χ2v) is 5.47. The lowest BCUT2D eigenvalue weighted by Gasteiger charge is -2.32. The summed E-state index contributed by atoms with van der Waals surface area (Å²) in [6.45, 7) is 5.47. The predicted molar refractivity (Wildman–Crippen MR) is 70.9 cm³/mol. The lowest BCUT2D eigenvalue weighted by atomic mass is 9.79. The average molecular weight is 233 g/mol. The summed E-state index contributed by atoms with van der Waals surface area (Å²) >= 11 is 0. The number of para-hydroxylation sites is 1. The Labute approximate surface area is 104 Å². The topological polar surface area (TPSA) is 32.3 Å². The molecule has 1 aromatic rings. The molecule has 0 spiro atoms. The van der Waals surface area contributed by atoms with E-state index in [2.05, 4.69) is 19.2 Å². The van der Waals surface area contributed by atoms with Gasteiger partial charge in [-0.1, -0.05) is 32.0 Å². The van der Waals surface area contributed by atoms with Gasteiger partial charge in [0.15, 0.2) is 0 Å². The molecule has 2 N–H and O–H groups in total. The molecule has 1 aromatic carbocycles. The predicted octanol–water partition coefficient (Wildman–Crippen LogP) is 3.31. The van der Waals surface area contributed by atoms with E-state index in [0.717, 1.165) is 23.9 Å². The van der Waals surface area contributed by atoms with Crippen molar-refractivity contribution in [2.24, 2.45) is 11.8 Å². The maximum absolute atomic E-state index is 9.69. The third kappa shape index (κ3) is 3.22. The Hall–Kier alpha value is -1.02. The number of rotatable bonds is 3. The van der Waals surface area contributed by atoms with E-state index in [9.17, 15) is 5.11 Å². The SMILES string of the molecule is CC1CCC(NCc2ccccc2O)CC1C. The minimum atomic E-state index is 0.400. The smallest absolute Gasteiger partial charge is 0.120 e. The van der Waals surface area contributed by atoms with E-state index in [0.29, 0.717) is 11.8 Å². The lowest BCUT2D eigenvalue weighted by molar-refractivity contribution is 0.225. The first-order valence-corrected chi connectivity index (χ1v) is 6.67. The third-order valence-electron chi connectivity index (χ3n) is 4.17. The molecule has 0 aliphatic heterocycles. The Morgan fingerprint density at radius 3 is 2.65 bits per heavy atom. The van der Waals surface area contributed by atoms with Gasteiger partial charge in [0.1, 0.15) is 5.75 Å². The van der Waals surface area contributed by atoms with Crippen LogP contribution in [-0.2, 0) is 6.54 Å². The minimum Gasteiger partial charge on any atom is -0.508 e. The summed E-state index contributed by atoms with van der Waals surface area (Å²) in [5, 5.41) is 13.3. The van der Waals surface area contributed by atoms with Gasteiger partial charge in [-0.15, -0.1) is 0 Å². The van der Waals surface area contributed by atoms with E-state index in [1.54, 1.807) is 6.07 Å². The van der Waals surface area contributed by atoms with E-state index in [-0.39, 0.29) is 0 Å². The molecule has 1 aliphatic carbocycles. The van der Waals surface area contributed by atoms with E-state index >= 15 is 0 Å². The van der Waals surface area contributed by atoms with Crippen LogP contribution in [-0.4, -0.2) is 11.1 Å². The molecule has 0 bridgehead atoms. The van der Waals surface area contributed by atoms with Gasteiger partial charge in [-0.25, -0.2) is 0 Å². The van der Waals surface area contributed by atoms with E-state index in [1.165, 1.54) is 19.3 Å². The Morgan fingerprint density at radius 1 is 1.18 bits per heavy atom. The summed E-state index contributed by atoms with van der Waals surface area (Å²) < 4.78 is 0. The highest BCUT2D eigenvalue weighted by Gasteiger charge is 2.23. The van der Waals surface area contributed by atoms with Gasteiger partial charge in [0.25, 0.3) is 0 Å². The summed E-state index contributed by atoms with van der Waals surface area (Å²) in [7, 11) is 0. The lowest BCUT2D eigenvalue weighted by Crippen LogP contribution is -2.35. The van der Waals surface area contributed by atoms with Crippen molar-refractivity contribution >= 4 is 0 Å². The number of aromatic hydroxyl groups is 1. The largest absolute Gasteiger partial charge is 0.508 e. The highest BCUT2D eigenvalue weighted by atomic mass is 16.3. The second kappa shape index (κ2) is 5.54. The molecule has 1 saturated carbocycles. The van der Waals surface area contributed by atoms with Gasteiger partial charge in [0, 0.05) is 18.2 Å². The standard InChI is InChI=1S/C15H23NO/c1-11-7-8-14(9-12(11)2)16-10-13-5-3-4-6-15(13)17/h3-6,11-12,14,16-17H,7-10H2,1-2H3. The first kappa shape index (κ1) is 12.4. The maximum Gasteiger partial charge on any atom is 0.120 e. The van der Waals surface area contributed by atoms with Gasteiger partial charge in [0.05, 0.1) is 0 Å². The quantitative estimate of drug-likeness (QED) is 0.839. The summed E-state index contributed by atoms with van der Waals surface area (Å²) in [4.78, 5) is 0. The molecule has 0 saturated heterocycles. The van der Waals surface area contributed by atoms with Crippen LogP contribution in [0.5, 0.6) is 5.75 Å². The number of phenolic OH excluding ortho intramolecular Hbond substituents is 1. The Balaban J connectivity index is 1.85. The number of hydrogen-bond donors (Lipinski definition) is 2. The van der Waals surface area contributed by atoms with Crippen molar-refractivity contribution in [3.63, 3.8) is 0 Å². The Bertz CT molecular complexity index is 364. The van der Waals surface area contributed by atoms with Crippen LogP contribution in [0.4, 0.5) is 0 Å². The van der Waals surface area contributed by atoms with Crippen LogP contribution in [0.25, 0.3) is 0 Å². The molecule has 94 valence electrons. The van der Waals surface area contributed by atoms with Crippen LogP contribution in [0.1, 0.15) is 38.7 Å². The van der Waals surface area contributed by atoms with Gasteiger partial charge in [-0.2, -0.15) is 0 Å². The van der Waals surface area contributed by atoms with Crippen molar-refractivity contribution in [3.05, 3.63) is 29.8 Å². The van der Waals surface area contributed by atoms with E-state index < -0.39 is 0 Å². The van der Waals surface area contributed by atoms with Gasteiger partial charge in [-0.05, 0) is 37.2 Å². The zero-order chi connectivity index (χ0) is 12.3. The Kier molecular flexibility index (Phi) is 4.06. The van der Waals surface area contributed by atoms with Crippen molar-refractivity contribution in [3.8, 4) is 5.75 Å². The van der Waals surface area contributed by atoms with Gasteiger partial charge >= 0.3 is 0 Å². The second-order valence-electron chi connectivity index (χ2n) is 5.47. The molecular formula is C15H23NO. The highest BCUT2D eigenvalue weighted by Crippen LogP contribution is 2.29. The van der Waals surface area contributed by atoms with Crippen molar-refractivity contribution in [2.75, 3.05) is 0 Å². The number of phenols is 1. The van der Waals surface area contributed by atoms with E-state index in [4.69, 9.17) is 0 Å². The molecule has 0 radical (unpaired) electrons. The van der Waals surface area contributed by atoms with Crippen LogP contribution in [0.15, 0.2) is 24.3 Å². The Morgan fingerprint density at radius 2 is 1.94 bits per heavy atom. The van der Waals surface area contributed by atoms with Crippen LogP contribution in [0.2, 0.25) is 0 Å². The van der Waals surface area contributed by atoms with Crippen LogP contribution >= 0.6 is 0 Å². The molecule has 17 heavy (non-hydrogen) atoms. The summed E-state index contributed by atoms with van der Waals surface area (Å²) in [6.07, 6.45) is 3.84. The van der Waals surface area contributed by atoms with Gasteiger partial charge in [-0.3, -0.25) is 0 Å². The van der Waals surface area contributed by atoms with Crippen LogP contribution < -0.4 is 5.32 Å². The monoisotopic (exact) mass is 233 g/mol. The molecule has 2 nitrogen and oxygen atoms in total. The van der Waals surface area contributed by atoms with E-state index in [1.807, 2.05) is 18.2 Å². The fourth-order valence-electron chi connectivity index (χ4n) is 2.65. The van der Waals surface area contributed by atoms with Crippen LogP contribution in [0, 0.1) is 11.8 Å². The average Bonchev–Trinajstić information content (AvgIpc) is 2.32. The van der Waals surface area contributed by atoms with Gasteiger partial charge < -0.3 is 10.4 Å². The molecule has 1 aliphatic rings. The molecule has 1 fully saturated rings. The zero-order valence-corrected chi connectivity index (χ0v) is 10.8. The van der Waals surface area contributed by atoms with Crippen molar-refractivity contribution in [1.82, 2.24) is 5.32 Å².